The number of halogens is 1. The van der Waals surface area contributed by atoms with Gasteiger partial charge >= 0.3 is 0 Å². The molecule has 0 aliphatic carbocycles. The molecule has 0 saturated heterocycles. The number of rotatable bonds is 7. The van der Waals surface area contributed by atoms with E-state index in [9.17, 15) is 0 Å². The van der Waals surface area contributed by atoms with Gasteiger partial charge in [0.05, 0.1) is 6.61 Å². The molecule has 21 heavy (non-hydrogen) atoms. The van der Waals surface area contributed by atoms with E-state index in [1.807, 2.05) is 31.2 Å². The van der Waals surface area contributed by atoms with Crippen molar-refractivity contribution in [3.8, 4) is 5.75 Å². The molecule has 112 valence electrons. The minimum absolute atomic E-state index is 0.749. The summed E-state index contributed by atoms with van der Waals surface area (Å²) in [7, 11) is 0. The molecule has 0 fully saturated rings. The monoisotopic (exact) mass is 303 g/mol. The van der Waals surface area contributed by atoms with E-state index in [1.54, 1.807) is 0 Å². The molecule has 0 spiro atoms. The van der Waals surface area contributed by atoms with Crippen molar-refractivity contribution in [1.82, 2.24) is 0 Å². The normalized spacial score (nSPS) is 10.4. The molecular weight excluding hydrogens is 282 g/mol. The minimum Gasteiger partial charge on any atom is -0.494 e. The molecule has 0 heterocycles. The third-order valence-corrected chi connectivity index (χ3v) is 3.77. The van der Waals surface area contributed by atoms with Gasteiger partial charge in [0.1, 0.15) is 5.75 Å². The summed E-state index contributed by atoms with van der Waals surface area (Å²) in [5, 5.41) is 4.19. The lowest BCUT2D eigenvalue weighted by molar-refractivity contribution is 0.308. The molecule has 2 nitrogen and oxygen atoms in total. The summed E-state index contributed by atoms with van der Waals surface area (Å²) in [6, 6.07) is 14.2. The Morgan fingerprint density at radius 2 is 1.76 bits per heavy atom. The molecule has 0 atom stereocenters. The van der Waals surface area contributed by atoms with Crippen LogP contribution in [0.5, 0.6) is 5.75 Å². The number of ether oxygens (including phenoxy) is 1. The van der Waals surface area contributed by atoms with Crippen molar-refractivity contribution in [2.24, 2.45) is 0 Å². The Morgan fingerprint density at radius 1 is 1.00 bits per heavy atom. The molecule has 2 aromatic rings. The van der Waals surface area contributed by atoms with Crippen molar-refractivity contribution < 1.29 is 4.74 Å². The van der Waals surface area contributed by atoms with E-state index in [1.165, 1.54) is 5.56 Å². The van der Waals surface area contributed by atoms with Crippen LogP contribution in [0.4, 0.5) is 5.69 Å². The zero-order chi connectivity index (χ0) is 15.1. The summed E-state index contributed by atoms with van der Waals surface area (Å²) in [6.45, 7) is 5.76. The Balaban J connectivity index is 1.61. The third-order valence-electron chi connectivity index (χ3n) is 3.36. The lowest BCUT2D eigenvalue weighted by Crippen LogP contribution is -2.04. The van der Waals surface area contributed by atoms with E-state index >= 15 is 0 Å². The van der Waals surface area contributed by atoms with Crippen molar-refractivity contribution in [2.45, 2.75) is 26.7 Å². The van der Waals surface area contributed by atoms with Crippen molar-refractivity contribution in [2.75, 3.05) is 18.5 Å². The lowest BCUT2D eigenvalue weighted by atomic mass is 10.2. The van der Waals surface area contributed by atoms with Crippen LogP contribution < -0.4 is 10.1 Å². The topological polar surface area (TPSA) is 21.3 Å². The smallest absolute Gasteiger partial charge is 0.119 e. The molecule has 0 aromatic heterocycles. The lowest BCUT2D eigenvalue weighted by Gasteiger charge is -2.09. The second-order valence-corrected chi connectivity index (χ2v) is 5.67. The molecule has 0 unspecified atom stereocenters. The number of benzene rings is 2. The van der Waals surface area contributed by atoms with Gasteiger partial charge in [-0.05, 0) is 56.5 Å². The summed E-state index contributed by atoms with van der Waals surface area (Å²) < 4.78 is 5.70. The summed E-state index contributed by atoms with van der Waals surface area (Å²) in [4.78, 5) is 0. The summed E-state index contributed by atoms with van der Waals surface area (Å²) in [6.07, 6.45) is 2.10. The number of hydrogen-bond donors (Lipinski definition) is 1. The Morgan fingerprint density at radius 3 is 2.48 bits per heavy atom. The molecular formula is C18H22ClNO. The van der Waals surface area contributed by atoms with Gasteiger partial charge in [0.25, 0.3) is 0 Å². The molecule has 1 N–H and O–H groups in total. The fourth-order valence-corrected chi connectivity index (χ4v) is 2.17. The maximum atomic E-state index is 6.10. The average Bonchev–Trinajstić information content (AvgIpc) is 2.48. The van der Waals surface area contributed by atoms with Crippen molar-refractivity contribution >= 4 is 17.3 Å². The Bertz CT molecular complexity index is 566. The quantitative estimate of drug-likeness (QED) is 0.707. The van der Waals surface area contributed by atoms with E-state index in [0.717, 1.165) is 48.0 Å². The highest BCUT2D eigenvalue weighted by Crippen LogP contribution is 2.19. The highest BCUT2D eigenvalue weighted by Gasteiger charge is 1.98. The maximum absolute atomic E-state index is 6.10. The number of anilines is 1. The van der Waals surface area contributed by atoms with E-state index in [2.05, 4.69) is 30.4 Å². The summed E-state index contributed by atoms with van der Waals surface area (Å²) >= 11 is 6.10. The van der Waals surface area contributed by atoms with Crippen LogP contribution in [0.1, 0.15) is 24.0 Å². The number of aryl methyl sites for hydroxylation is 2. The average molecular weight is 304 g/mol. The second-order valence-electron chi connectivity index (χ2n) is 5.26. The molecule has 2 aromatic carbocycles. The number of hydrogen-bond acceptors (Lipinski definition) is 2. The van der Waals surface area contributed by atoms with Crippen LogP contribution in [0.25, 0.3) is 0 Å². The fourth-order valence-electron chi connectivity index (χ4n) is 1.99. The van der Waals surface area contributed by atoms with E-state index in [0.29, 0.717) is 0 Å². The number of unbranched alkanes of at least 4 members (excludes halogenated alkanes) is 1. The zero-order valence-corrected chi connectivity index (χ0v) is 13.4. The predicted octanol–water partition coefficient (Wildman–Crippen LogP) is 5.23. The first kappa shape index (κ1) is 15.7. The van der Waals surface area contributed by atoms with E-state index in [4.69, 9.17) is 16.3 Å². The zero-order valence-electron chi connectivity index (χ0n) is 12.7. The fraction of sp³-hybridized carbons (Fsp3) is 0.333. The van der Waals surface area contributed by atoms with Crippen LogP contribution in [0.15, 0.2) is 42.5 Å². The van der Waals surface area contributed by atoms with Gasteiger partial charge in [-0.1, -0.05) is 35.4 Å². The molecule has 0 bridgehead atoms. The van der Waals surface area contributed by atoms with Gasteiger partial charge in [0, 0.05) is 17.3 Å². The van der Waals surface area contributed by atoms with Crippen molar-refractivity contribution in [3.05, 3.63) is 58.6 Å². The van der Waals surface area contributed by atoms with Gasteiger partial charge in [0.15, 0.2) is 0 Å². The van der Waals surface area contributed by atoms with Gasteiger partial charge < -0.3 is 10.1 Å². The SMILES string of the molecule is Cc1ccc(OCCCCNc2ccc(C)c(Cl)c2)cc1. The largest absolute Gasteiger partial charge is 0.494 e. The predicted molar refractivity (Wildman–Crippen MR) is 90.6 cm³/mol. The second kappa shape index (κ2) is 7.94. The highest BCUT2D eigenvalue weighted by atomic mass is 35.5. The molecule has 0 radical (unpaired) electrons. The van der Waals surface area contributed by atoms with Crippen LogP contribution in [0.3, 0.4) is 0 Å². The Kier molecular flexibility index (Phi) is 5.94. The van der Waals surface area contributed by atoms with Gasteiger partial charge in [-0.15, -0.1) is 0 Å². The molecule has 3 heteroatoms. The standard InChI is InChI=1S/C18H22ClNO/c1-14-5-9-17(10-6-14)21-12-4-3-11-20-16-8-7-15(2)18(19)13-16/h5-10,13,20H,3-4,11-12H2,1-2H3. The molecule has 0 amide bonds. The van der Waals surface area contributed by atoms with Gasteiger partial charge in [-0.2, -0.15) is 0 Å². The maximum Gasteiger partial charge on any atom is 0.119 e. The molecule has 0 aliphatic rings. The first-order valence-corrected chi connectivity index (χ1v) is 7.72. The first-order chi connectivity index (χ1) is 10.1. The number of nitrogens with one attached hydrogen (secondary N) is 1. The third kappa shape index (κ3) is 5.31. The molecule has 0 aliphatic heterocycles. The Hall–Kier alpha value is -1.67. The molecule has 2 rings (SSSR count). The van der Waals surface area contributed by atoms with Crippen molar-refractivity contribution in [1.29, 1.82) is 0 Å². The van der Waals surface area contributed by atoms with Crippen molar-refractivity contribution in [3.63, 3.8) is 0 Å². The van der Waals surface area contributed by atoms with Crippen LogP contribution in [0.2, 0.25) is 5.02 Å². The van der Waals surface area contributed by atoms with E-state index in [-0.39, 0.29) is 0 Å². The summed E-state index contributed by atoms with van der Waals surface area (Å²) in [5.74, 6) is 0.943. The van der Waals surface area contributed by atoms with Crippen LogP contribution in [-0.2, 0) is 0 Å². The first-order valence-electron chi connectivity index (χ1n) is 7.34. The summed E-state index contributed by atoms with van der Waals surface area (Å²) in [5.41, 5.74) is 3.43. The van der Waals surface area contributed by atoms with Crippen LogP contribution in [0, 0.1) is 13.8 Å². The van der Waals surface area contributed by atoms with Gasteiger partial charge in [0.2, 0.25) is 0 Å². The minimum atomic E-state index is 0.749. The van der Waals surface area contributed by atoms with Gasteiger partial charge in [-0.3, -0.25) is 0 Å². The highest BCUT2D eigenvalue weighted by molar-refractivity contribution is 6.31. The van der Waals surface area contributed by atoms with Crippen LogP contribution >= 0.6 is 11.6 Å². The van der Waals surface area contributed by atoms with Gasteiger partial charge in [-0.25, -0.2) is 0 Å². The Labute approximate surface area is 132 Å². The van der Waals surface area contributed by atoms with E-state index < -0.39 is 0 Å². The van der Waals surface area contributed by atoms with Crippen LogP contribution in [-0.4, -0.2) is 13.2 Å². The molecule has 0 saturated carbocycles.